The van der Waals surface area contributed by atoms with Crippen LogP contribution in [-0.4, -0.2) is 36.8 Å². The van der Waals surface area contributed by atoms with Crippen LogP contribution in [0.25, 0.3) is 6.08 Å². The Morgan fingerprint density at radius 2 is 1.70 bits per heavy atom. The average molecular weight is 598 g/mol. The molecule has 3 aromatic carbocycles. The maximum atomic E-state index is 14.2. The number of para-hydroxylation sites is 1. The van der Waals surface area contributed by atoms with Crippen molar-refractivity contribution in [3.05, 3.63) is 92.4 Å². The molecule has 6 nitrogen and oxygen atoms in total. The van der Waals surface area contributed by atoms with E-state index in [0.717, 1.165) is 16.2 Å². The number of methoxy groups -OCH3 is 1. The van der Waals surface area contributed by atoms with E-state index in [4.69, 9.17) is 27.9 Å². The average Bonchev–Trinajstić information content (AvgIpc) is 3.36. The minimum Gasteiger partial charge on any atom is -0.496 e. The summed E-state index contributed by atoms with van der Waals surface area (Å²) in [7, 11) is 1.55. The molecule has 6 rings (SSSR count). The molecule has 3 aliphatic heterocycles. The highest BCUT2D eigenvalue weighted by Gasteiger charge is 2.64. The van der Waals surface area contributed by atoms with Gasteiger partial charge in [0.15, 0.2) is 5.78 Å². The van der Waals surface area contributed by atoms with Gasteiger partial charge in [0.05, 0.1) is 40.2 Å². The Balaban J connectivity index is 1.49. The van der Waals surface area contributed by atoms with Crippen molar-refractivity contribution >= 4 is 74.2 Å². The number of anilines is 2. The first-order valence-electron chi connectivity index (χ1n) is 11.6. The number of hydrogen-bond donors (Lipinski definition) is 0. The number of halogens is 3. The van der Waals surface area contributed by atoms with Gasteiger partial charge in [-0.05, 0) is 64.0 Å². The molecule has 0 radical (unpaired) electrons. The zero-order valence-electron chi connectivity index (χ0n) is 19.4. The SMILES string of the molecule is COc1ccc(C(=O)[C@@H]2[C@H]3C(=O)N(c4ccc(Cl)cc4Cl)C(=O)[C@@H]3[C@H]3C=Cc4ccccc4N32)cc1Br. The summed E-state index contributed by atoms with van der Waals surface area (Å²) in [5.74, 6) is -2.15. The van der Waals surface area contributed by atoms with Crippen molar-refractivity contribution in [1.29, 1.82) is 0 Å². The number of hydrogen-bond acceptors (Lipinski definition) is 5. The number of carbonyl (C=O) groups excluding carboxylic acids is 3. The number of fused-ring (bicyclic) bond motifs is 5. The lowest BCUT2D eigenvalue weighted by atomic mass is 9.86. The first kappa shape index (κ1) is 24.2. The van der Waals surface area contributed by atoms with Crippen LogP contribution in [0.4, 0.5) is 11.4 Å². The lowest BCUT2D eigenvalue weighted by molar-refractivity contribution is -0.122. The smallest absolute Gasteiger partial charge is 0.240 e. The zero-order chi connectivity index (χ0) is 26.0. The molecule has 3 heterocycles. The monoisotopic (exact) mass is 596 g/mol. The largest absolute Gasteiger partial charge is 0.496 e. The minimum absolute atomic E-state index is 0.192. The summed E-state index contributed by atoms with van der Waals surface area (Å²) in [5.41, 5.74) is 2.41. The van der Waals surface area contributed by atoms with E-state index in [2.05, 4.69) is 15.9 Å². The Labute approximate surface area is 231 Å². The summed E-state index contributed by atoms with van der Waals surface area (Å²) in [6.45, 7) is 0. The number of ketones is 1. The highest BCUT2D eigenvalue weighted by atomic mass is 79.9. The standard InChI is InChI=1S/C28H19BrCl2N2O4/c1-37-22-11-7-15(12-17(22)29)26(34)25-24-23(21-9-6-14-4-2-3-5-19(14)32(21)25)27(35)33(28(24)36)20-10-8-16(30)13-18(20)31/h2-13,21,23-25H,1H3/t21-,23-,24+,25+/m1/s1. The zero-order valence-corrected chi connectivity index (χ0v) is 22.5. The summed E-state index contributed by atoms with van der Waals surface area (Å²) < 4.78 is 5.94. The Bertz CT molecular complexity index is 1520. The molecular weight excluding hydrogens is 579 g/mol. The van der Waals surface area contributed by atoms with Gasteiger partial charge in [-0.3, -0.25) is 14.4 Å². The first-order chi connectivity index (χ1) is 17.8. The van der Waals surface area contributed by atoms with Gasteiger partial charge in [-0.1, -0.05) is 53.6 Å². The summed E-state index contributed by atoms with van der Waals surface area (Å²) >= 11 is 15.9. The Morgan fingerprint density at radius 1 is 0.946 bits per heavy atom. The Hall–Kier alpha value is -3.13. The fourth-order valence-electron chi connectivity index (χ4n) is 5.70. The van der Waals surface area contributed by atoms with E-state index in [1.54, 1.807) is 37.4 Å². The number of rotatable bonds is 4. The van der Waals surface area contributed by atoms with Crippen LogP contribution in [0.15, 0.2) is 71.2 Å². The van der Waals surface area contributed by atoms with Crippen molar-refractivity contribution in [3.8, 4) is 5.75 Å². The number of imide groups is 1. The third-order valence-electron chi connectivity index (χ3n) is 7.27. The fourth-order valence-corrected chi connectivity index (χ4v) is 6.74. The molecule has 0 N–H and O–H groups in total. The third-order valence-corrected chi connectivity index (χ3v) is 8.43. The molecule has 0 spiro atoms. The third kappa shape index (κ3) is 3.63. The van der Waals surface area contributed by atoms with Gasteiger partial charge in [-0.25, -0.2) is 4.90 Å². The maximum Gasteiger partial charge on any atom is 0.240 e. The van der Waals surface area contributed by atoms with Gasteiger partial charge >= 0.3 is 0 Å². The van der Waals surface area contributed by atoms with Crippen LogP contribution in [0.5, 0.6) is 5.75 Å². The first-order valence-corrected chi connectivity index (χ1v) is 13.1. The van der Waals surface area contributed by atoms with Gasteiger partial charge < -0.3 is 9.64 Å². The van der Waals surface area contributed by atoms with Crippen LogP contribution in [-0.2, 0) is 9.59 Å². The molecule has 37 heavy (non-hydrogen) atoms. The van der Waals surface area contributed by atoms with E-state index in [9.17, 15) is 14.4 Å². The molecular formula is C28H19BrCl2N2O4. The molecule has 0 unspecified atom stereocenters. The second kappa shape index (κ2) is 9.01. The fraction of sp³-hybridized carbons (Fsp3) is 0.179. The van der Waals surface area contributed by atoms with E-state index in [1.807, 2.05) is 41.3 Å². The second-order valence-corrected chi connectivity index (χ2v) is 10.8. The highest BCUT2D eigenvalue weighted by molar-refractivity contribution is 9.10. The van der Waals surface area contributed by atoms with Crippen molar-refractivity contribution in [2.45, 2.75) is 12.1 Å². The van der Waals surface area contributed by atoms with Gasteiger partial charge in [0, 0.05) is 16.3 Å². The van der Waals surface area contributed by atoms with E-state index in [0.29, 0.717) is 20.8 Å². The van der Waals surface area contributed by atoms with Gasteiger partial charge in [-0.15, -0.1) is 0 Å². The van der Waals surface area contributed by atoms with Crippen LogP contribution < -0.4 is 14.5 Å². The number of Topliss-reactive ketones (excluding diaryl/α,β-unsaturated/α-hetero) is 1. The molecule has 9 heteroatoms. The number of benzene rings is 3. The van der Waals surface area contributed by atoms with Crippen LogP contribution in [0, 0.1) is 11.8 Å². The topological polar surface area (TPSA) is 66.9 Å². The molecule has 2 fully saturated rings. The van der Waals surface area contributed by atoms with E-state index < -0.39 is 29.8 Å². The number of ether oxygens (including phenoxy) is 1. The normalized spacial score (nSPS) is 23.7. The molecule has 3 aromatic rings. The quantitative estimate of drug-likeness (QED) is 0.271. The summed E-state index contributed by atoms with van der Waals surface area (Å²) in [4.78, 5) is 45.1. The van der Waals surface area contributed by atoms with Crippen LogP contribution in [0.2, 0.25) is 10.0 Å². The van der Waals surface area contributed by atoms with Crippen molar-refractivity contribution in [3.63, 3.8) is 0 Å². The van der Waals surface area contributed by atoms with E-state index >= 15 is 0 Å². The highest BCUT2D eigenvalue weighted by Crippen LogP contribution is 2.50. The molecule has 4 atom stereocenters. The second-order valence-electron chi connectivity index (χ2n) is 9.13. The maximum absolute atomic E-state index is 14.2. The van der Waals surface area contributed by atoms with Crippen molar-refractivity contribution < 1.29 is 19.1 Å². The summed E-state index contributed by atoms with van der Waals surface area (Å²) in [6.07, 6.45) is 3.86. The molecule has 2 amide bonds. The van der Waals surface area contributed by atoms with Crippen molar-refractivity contribution in [1.82, 2.24) is 0 Å². The predicted octanol–water partition coefficient (Wildman–Crippen LogP) is 6.04. The molecule has 2 saturated heterocycles. The van der Waals surface area contributed by atoms with Gasteiger partial charge in [0.2, 0.25) is 11.8 Å². The summed E-state index contributed by atoms with van der Waals surface area (Å²) in [5, 5.41) is 0.585. The minimum atomic E-state index is -0.895. The van der Waals surface area contributed by atoms with Crippen molar-refractivity contribution in [2.24, 2.45) is 11.8 Å². The van der Waals surface area contributed by atoms with Crippen LogP contribution >= 0.6 is 39.1 Å². The molecule has 0 aliphatic carbocycles. The number of amides is 2. The van der Waals surface area contributed by atoms with E-state index in [-0.39, 0.29) is 22.4 Å². The van der Waals surface area contributed by atoms with Gasteiger partial charge in [0.1, 0.15) is 11.8 Å². The molecule has 0 bridgehead atoms. The molecule has 0 aromatic heterocycles. The van der Waals surface area contributed by atoms with Gasteiger partial charge in [-0.2, -0.15) is 0 Å². The Morgan fingerprint density at radius 3 is 2.43 bits per heavy atom. The van der Waals surface area contributed by atoms with Crippen LogP contribution in [0.3, 0.4) is 0 Å². The van der Waals surface area contributed by atoms with Crippen LogP contribution in [0.1, 0.15) is 15.9 Å². The van der Waals surface area contributed by atoms with Crippen molar-refractivity contribution in [2.75, 3.05) is 16.9 Å². The number of nitrogens with zero attached hydrogens (tertiary/aromatic N) is 2. The van der Waals surface area contributed by atoms with Gasteiger partial charge in [0.25, 0.3) is 0 Å². The molecule has 0 saturated carbocycles. The summed E-state index contributed by atoms with van der Waals surface area (Å²) in [6, 6.07) is 16.0. The van der Waals surface area contributed by atoms with E-state index in [1.165, 1.54) is 6.07 Å². The predicted molar refractivity (Wildman–Crippen MR) is 146 cm³/mol. The Kier molecular flexibility index (Phi) is 5.90. The lowest BCUT2D eigenvalue weighted by Crippen LogP contribution is -2.48. The number of carbonyl (C=O) groups is 3. The molecule has 3 aliphatic rings. The lowest BCUT2D eigenvalue weighted by Gasteiger charge is -2.36. The molecule has 186 valence electrons.